The lowest BCUT2D eigenvalue weighted by atomic mass is 10.0. The Balaban J connectivity index is 1.35. The van der Waals surface area contributed by atoms with E-state index in [4.69, 9.17) is 13.9 Å². The summed E-state index contributed by atoms with van der Waals surface area (Å²) in [5.41, 5.74) is 4.08. The van der Waals surface area contributed by atoms with Crippen LogP contribution in [0.1, 0.15) is 36.1 Å². The van der Waals surface area contributed by atoms with E-state index in [2.05, 4.69) is 10.3 Å². The maximum absolute atomic E-state index is 11.7. The number of Topliss-reactive ketones (excluding diaryl/α,β-unsaturated/α-hetero) is 1. The lowest BCUT2D eigenvalue weighted by Gasteiger charge is -2.13. The number of carbonyl (C=O) groups excluding carboxylic acids is 2. The Hall–Kier alpha value is -3.48. The van der Waals surface area contributed by atoms with E-state index in [-0.39, 0.29) is 24.2 Å². The molecule has 4 rings (SSSR count). The van der Waals surface area contributed by atoms with Crippen LogP contribution in [0.4, 0.5) is 0 Å². The molecule has 1 fully saturated rings. The van der Waals surface area contributed by atoms with Crippen molar-refractivity contribution in [3.05, 3.63) is 59.5 Å². The van der Waals surface area contributed by atoms with Gasteiger partial charge in [-0.25, -0.2) is 0 Å². The summed E-state index contributed by atoms with van der Waals surface area (Å²) in [5, 5.41) is 2.73. The molecule has 1 saturated heterocycles. The van der Waals surface area contributed by atoms with Crippen molar-refractivity contribution in [2.75, 3.05) is 7.11 Å². The lowest BCUT2D eigenvalue weighted by Crippen LogP contribution is -2.29. The molecule has 1 aliphatic rings. The van der Waals surface area contributed by atoms with E-state index < -0.39 is 0 Å². The predicted octanol–water partition coefficient (Wildman–Crippen LogP) is 3.95. The molecule has 3 heterocycles. The highest BCUT2D eigenvalue weighted by molar-refractivity contribution is 6.07. The SMILES string of the molecule is COc1cc(CCCC2NC(=O)CC2=O)ccc1OCc1cc(-c2ccco2)[nH]c1C. The fraction of sp³-hybridized carbons (Fsp3) is 0.333. The second kappa shape index (κ2) is 9.12. The quantitative estimate of drug-likeness (QED) is 0.509. The Bertz CT molecular complexity index is 1070. The molecule has 1 atom stereocenters. The van der Waals surface area contributed by atoms with Crippen LogP contribution in [0.2, 0.25) is 0 Å². The second-order valence-corrected chi connectivity index (χ2v) is 7.74. The fourth-order valence-electron chi connectivity index (χ4n) is 3.81. The first-order chi connectivity index (χ1) is 15.0. The number of aryl methyl sites for hydroxylation is 2. The Morgan fingerprint density at radius 1 is 1.16 bits per heavy atom. The molecule has 0 saturated carbocycles. The molecular formula is C24H26N2O5. The average molecular weight is 422 g/mol. The van der Waals surface area contributed by atoms with Crippen LogP contribution in [0.15, 0.2) is 47.1 Å². The third kappa shape index (κ3) is 4.82. The number of rotatable bonds is 9. The van der Waals surface area contributed by atoms with Crippen LogP contribution in [-0.2, 0) is 22.6 Å². The van der Waals surface area contributed by atoms with Crippen molar-refractivity contribution < 1.29 is 23.5 Å². The number of methoxy groups -OCH3 is 1. The summed E-state index contributed by atoms with van der Waals surface area (Å²) in [7, 11) is 1.62. The molecule has 1 amide bonds. The maximum Gasteiger partial charge on any atom is 0.228 e. The highest BCUT2D eigenvalue weighted by Gasteiger charge is 2.29. The van der Waals surface area contributed by atoms with Gasteiger partial charge >= 0.3 is 0 Å². The van der Waals surface area contributed by atoms with Crippen molar-refractivity contribution in [2.45, 2.75) is 45.3 Å². The fourth-order valence-corrected chi connectivity index (χ4v) is 3.81. The number of aromatic nitrogens is 1. The number of ketones is 1. The molecule has 1 unspecified atom stereocenters. The Kier molecular flexibility index (Phi) is 6.11. The number of ether oxygens (including phenoxy) is 2. The minimum Gasteiger partial charge on any atom is -0.493 e. The van der Waals surface area contributed by atoms with Gasteiger partial charge in [0.2, 0.25) is 5.91 Å². The number of H-pyrrole nitrogens is 1. The summed E-state index contributed by atoms with van der Waals surface area (Å²) in [6.07, 6.45) is 3.90. The van der Waals surface area contributed by atoms with Gasteiger partial charge in [-0.05, 0) is 62.1 Å². The van der Waals surface area contributed by atoms with Gasteiger partial charge in [0, 0.05) is 11.3 Å². The van der Waals surface area contributed by atoms with Crippen LogP contribution in [0.5, 0.6) is 11.5 Å². The van der Waals surface area contributed by atoms with Gasteiger partial charge in [0.05, 0.1) is 31.5 Å². The Labute approximate surface area is 180 Å². The Morgan fingerprint density at radius 2 is 2.03 bits per heavy atom. The van der Waals surface area contributed by atoms with E-state index in [0.717, 1.165) is 41.1 Å². The topological polar surface area (TPSA) is 93.6 Å². The third-order valence-electron chi connectivity index (χ3n) is 5.54. The minimum atomic E-state index is -0.340. The average Bonchev–Trinajstić information content (AvgIpc) is 3.48. The van der Waals surface area contributed by atoms with Crippen LogP contribution >= 0.6 is 0 Å². The number of hydrogen-bond acceptors (Lipinski definition) is 5. The van der Waals surface area contributed by atoms with Crippen LogP contribution < -0.4 is 14.8 Å². The molecule has 0 radical (unpaired) electrons. The number of nitrogens with one attached hydrogen (secondary N) is 2. The monoisotopic (exact) mass is 422 g/mol. The van der Waals surface area contributed by atoms with E-state index in [1.807, 2.05) is 43.3 Å². The highest BCUT2D eigenvalue weighted by Crippen LogP contribution is 2.30. The first-order valence-electron chi connectivity index (χ1n) is 10.4. The first kappa shape index (κ1) is 20.8. The summed E-state index contributed by atoms with van der Waals surface area (Å²) < 4.78 is 17.0. The first-order valence-corrected chi connectivity index (χ1v) is 10.4. The second-order valence-electron chi connectivity index (χ2n) is 7.74. The molecule has 1 aromatic carbocycles. The van der Waals surface area contributed by atoms with Crippen molar-refractivity contribution in [1.82, 2.24) is 10.3 Å². The van der Waals surface area contributed by atoms with E-state index in [0.29, 0.717) is 24.5 Å². The lowest BCUT2D eigenvalue weighted by molar-refractivity contribution is -0.122. The number of hydrogen-bond donors (Lipinski definition) is 2. The zero-order valence-corrected chi connectivity index (χ0v) is 17.7. The zero-order chi connectivity index (χ0) is 21.8. The predicted molar refractivity (Wildman–Crippen MR) is 115 cm³/mol. The molecule has 1 aliphatic heterocycles. The number of benzene rings is 1. The van der Waals surface area contributed by atoms with Crippen molar-refractivity contribution in [3.63, 3.8) is 0 Å². The molecular weight excluding hydrogens is 396 g/mol. The van der Waals surface area contributed by atoms with Crippen LogP contribution in [0.25, 0.3) is 11.5 Å². The number of furan rings is 1. The molecule has 2 N–H and O–H groups in total. The standard InChI is InChI=1S/C24H26N2O5/c1-15-17(12-19(25-15)21-7-4-10-30-21)14-31-22-9-8-16(11-23(22)29-2)5-3-6-18-20(27)13-24(28)26-18/h4,7-12,18,25H,3,5-6,13-14H2,1-2H3,(H,26,28). The van der Waals surface area contributed by atoms with Crippen molar-refractivity contribution in [3.8, 4) is 23.0 Å². The van der Waals surface area contributed by atoms with Gasteiger partial charge < -0.3 is 24.2 Å². The van der Waals surface area contributed by atoms with Gasteiger partial charge in [0.1, 0.15) is 12.4 Å². The summed E-state index contributed by atoms with van der Waals surface area (Å²) >= 11 is 0. The summed E-state index contributed by atoms with van der Waals surface area (Å²) in [4.78, 5) is 26.3. The van der Waals surface area contributed by atoms with Gasteiger partial charge in [0.15, 0.2) is 17.3 Å². The highest BCUT2D eigenvalue weighted by atomic mass is 16.5. The van der Waals surface area contributed by atoms with Crippen LogP contribution in [0.3, 0.4) is 0 Å². The van der Waals surface area contributed by atoms with E-state index in [1.54, 1.807) is 13.4 Å². The van der Waals surface area contributed by atoms with Gasteiger partial charge in [-0.2, -0.15) is 0 Å². The van der Waals surface area contributed by atoms with Crippen molar-refractivity contribution >= 4 is 11.7 Å². The van der Waals surface area contributed by atoms with Crippen LogP contribution in [-0.4, -0.2) is 29.8 Å². The summed E-state index contributed by atoms with van der Waals surface area (Å²) in [6.45, 7) is 2.41. The summed E-state index contributed by atoms with van der Waals surface area (Å²) in [6, 6.07) is 11.3. The van der Waals surface area contributed by atoms with Crippen LogP contribution in [0, 0.1) is 6.92 Å². The molecule has 2 aromatic heterocycles. The smallest absolute Gasteiger partial charge is 0.228 e. The molecule has 7 nitrogen and oxygen atoms in total. The molecule has 0 bridgehead atoms. The minimum absolute atomic E-state index is 0.00808. The normalized spacial score (nSPS) is 15.9. The molecule has 0 spiro atoms. The van der Waals surface area contributed by atoms with Gasteiger partial charge in [-0.1, -0.05) is 6.07 Å². The largest absolute Gasteiger partial charge is 0.493 e. The van der Waals surface area contributed by atoms with Gasteiger partial charge in [-0.3, -0.25) is 9.59 Å². The van der Waals surface area contributed by atoms with Gasteiger partial charge in [0.25, 0.3) is 0 Å². The van der Waals surface area contributed by atoms with E-state index >= 15 is 0 Å². The molecule has 31 heavy (non-hydrogen) atoms. The van der Waals surface area contributed by atoms with E-state index in [1.165, 1.54) is 0 Å². The zero-order valence-electron chi connectivity index (χ0n) is 17.7. The van der Waals surface area contributed by atoms with Crippen molar-refractivity contribution in [2.24, 2.45) is 0 Å². The summed E-state index contributed by atoms with van der Waals surface area (Å²) in [5.74, 6) is 1.94. The molecule has 0 aliphatic carbocycles. The molecule has 162 valence electrons. The molecule has 3 aromatic rings. The Morgan fingerprint density at radius 3 is 2.74 bits per heavy atom. The van der Waals surface area contributed by atoms with Gasteiger partial charge in [-0.15, -0.1) is 0 Å². The number of aromatic amines is 1. The maximum atomic E-state index is 11.7. The van der Waals surface area contributed by atoms with Crippen molar-refractivity contribution in [1.29, 1.82) is 0 Å². The molecule has 7 heteroatoms. The number of amides is 1. The third-order valence-corrected chi connectivity index (χ3v) is 5.54. The number of carbonyl (C=O) groups is 2. The van der Waals surface area contributed by atoms with E-state index in [9.17, 15) is 9.59 Å².